The zero-order chi connectivity index (χ0) is 14.4. The van der Waals surface area contributed by atoms with Crippen LogP contribution in [0.1, 0.15) is 0 Å². The molecule has 0 amide bonds. The van der Waals surface area contributed by atoms with Crippen molar-refractivity contribution in [2.75, 3.05) is 23.0 Å². The monoisotopic (exact) mass is 342 g/mol. The molecule has 0 aliphatic carbocycles. The molecule has 0 aliphatic rings. The van der Waals surface area contributed by atoms with Gasteiger partial charge in [-0.3, -0.25) is 9.11 Å². The summed E-state index contributed by atoms with van der Waals surface area (Å²) in [4.78, 5) is 0. The van der Waals surface area contributed by atoms with Gasteiger partial charge < -0.3 is 10.2 Å². The predicted octanol–water partition coefficient (Wildman–Crippen LogP) is -1.13. The highest BCUT2D eigenvalue weighted by Crippen LogP contribution is 2.23. The van der Waals surface area contributed by atoms with Crippen LogP contribution in [0.15, 0.2) is 0 Å². The van der Waals surface area contributed by atoms with E-state index in [0.29, 0.717) is 0 Å². The molecule has 0 saturated heterocycles. The molecule has 8 nitrogen and oxygen atoms in total. The van der Waals surface area contributed by atoms with Gasteiger partial charge in [-0.05, 0) is 0 Å². The summed E-state index contributed by atoms with van der Waals surface area (Å²) in [5.74, 6) is -1.59. The number of hydrogen-bond acceptors (Lipinski definition) is 8. The topological polar surface area (TPSA) is 149 Å². The molecule has 0 heterocycles. The van der Waals surface area contributed by atoms with Gasteiger partial charge >= 0.3 is 0 Å². The second-order valence-corrected chi connectivity index (χ2v) is 8.92. The van der Waals surface area contributed by atoms with Crippen LogP contribution in [0, 0.1) is 0 Å². The Morgan fingerprint density at radius 1 is 0.778 bits per heavy atom. The number of rotatable bonds is 9. The molecule has 0 aromatic rings. The smallest absolute Gasteiger partial charge is 0.267 e. The van der Waals surface area contributed by atoms with Gasteiger partial charge in [0.05, 0.1) is 12.2 Å². The molecule has 0 saturated carbocycles. The Hall–Kier alpha value is 0.440. The third kappa shape index (κ3) is 12.9. The van der Waals surface area contributed by atoms with Crippen molar-refractivity contribution in [1.82, 2.24) is 0 Å². The maximum Gasteiger partial charge on any atom is 0.267 e. The van der Waals surface area contributed by atoms with Crippen molar-refractivity contribution in [2.45, 2.75) is 12.2 Å². The highest BCUT2D eigenvalue weighted by atomic mass is 33.1. The molecule has 0 fully saturated rings. The Bertz CT molecular complexity index is 387. The first-order valence-corrected chi connectivity index (χ1v) is 10.2. The highest BCUT2D eigenvalue weighted by Gasteiger charge is 2.16. The van der Waals surface area contributed by atoms with Gasteiger partial charge in [0, 0.05) is 11.5 Å². The Labute approximate surface area is 113 Å². The Kier molecular flexibility index (Phi) is 8.08. The molecule has 0 radical (unpaired) electrons. The van der Waals surface area contributed by atoms with E-state index >= 15 is 0 Å². The van der Waals surface area contributed by atoms with E-state index in [1.54, 1.807) is 0 Å². The van der Waals surface area contributed by atoms with Gasteiger partial charge in [0.2, 0.25) is 0 Å². The number of hydrogen-bond donors (Lipinski definition) is 4. The van der Waals surface area contributed by atoms with Crippen LogP contribution in [0.4, 0.5) is 0 Å². The van der Waals surface area contributed by atoms with Crippen LogP contribution < -0.4 is 0 Å². The van der Waals surface area contributed by atoms with E-state index in [0.717, 1.165) is 21.6 Å². The molecule has 2 unspecified atom stereocenters. The number of aliphatic hydroxyl groups excluding tert-OH is 2. The lowest BCUT2D eigenvalue weighted by Gasteiger charge is -2.09. The minimum Gasteiger partial charge on any atom is -0.391 e. The van der Waals surface area contributed by atoms with Crippen molar-refractivity contribution < 1.29 is 36.2 Å². The summed E-state index contributed by atoms with van der Waals surface area (Å²) in [7, 11) is -6.45. The molecule has 0 aromatic heterocycles. The van der Waals surface area contributed by atoms with Crippen LogP contribution in [0.3, 0.4) is 0 Å². The first-order valence-electron chi connectivity index (χ1n) is 4.50. The SMILES string of the molecule is O=S(=O)(O)CC(O)CSSCC(O)CS(=O)(=O)O. The van der Waals surface area contributed by atoms with Crippen molar-refractivity contribution in [3.8, 4) is 0 Å². The average molecular weight is 342 g/mol. The van der Waals surface area contributed by atoms with Crippen LogP contribution in [-0.4, -0.2) is 71.4 Å². The van der Waals surface area contributed by atoms with E-state index in [1.807, 2.05) is 0 Å². The molecule has 0 bridgehead atoms. The molecule has 2 atom stereocenters. The van der Waals surface area contributed by atoms with E-state index in [2.05, 4.69) is 0 Å². The molecular weight excluding hydrogens is 328 g/mol. The van der Waals surface area contributed by atoms with Crippen LogP contribution in [0.2, 0.25) is 0 Å². The lowest BCUT2D eigenvalue weighted by molar-refractivity contribution is 0.218. The van der Waals surface area contributed by atoms with E-state index in [-0.39, 0.29) is 11.5 Å². The molecule has 4 N–H and O–H groups in total. The molecule has 0 aromatic carbocycles. The zero-order valence-electron chi connectivity index (χ0n) is 9.04. The molecule has 110 valence electrons. The second kappa shape index (κ2) is 7.89. The predicted molar refractivity (Wildman–Crippen MR) is 69.8 cm³/mol. The summed E-state index contributed by atoms with van der Waals surface area (Å²) in [6, 6.07) is 0. The van der Waals surface area contributed by atoms with Gasteiger partial charge in [0.15, 0.2) is 0 Å². The van der Waals surface area contributed by atoms with Gasteiger partial charge in [-0.25, -0.2) is 0 Å². The zero-order valence-corrected chi connectivity index (χ0v) is 12.3. The summed E-state index contributed by atoms with van der Waals surface area (Å²) in [5, 5.41) is 18.3. The summed E-state index contributed by atoms with van der Waals surface area (Å²) < 4.78 is 58.4. The lowest BCUT2D eigenvalue weighted by Crippen LogP contribution is -2.23. The maximum absolute atomic E-state index is 10.4. The van der Waals surface area contributed by atoms with Gasteiger partial charge in [0.25, 0.3) is 20.2 Å². The number of aliphatic hydroxyl groups is 2. The molecule has 0 rings (SSSR count). The van der Waals surface area contributed by atoms with E-state index < -0.39 is 43.9 Å². The van der Waals surface area contributed by atoms with Crippen molar-refractivity contribution >= 4 is 41.8 Å². The van der Waals surface area contributed by atoms with Crippen LogP contribution in [0.25, 0.3) is 0 Å². The fourth-order valence-electron chi connectivity index (χ4n) is 0.836. The van der Waals surface area contributed by atoms with Gasteiger partial charge in [0.1, 0.15) is 11.5 Å². The summed E-state index contributed by atoms with van der Waals surface area (Å²) in [5.41, 5.74) is 0. The maximum atomic E-state index is 10.4. The van der Waals surface area contributed by atoms with E-state index in [9.17, 15) is 16.8 Å². The largest absolute Gasteiger partial charge is 0.391 e. The third-order valence-corrected chi connectivity index (χ3v) is 5.55. The minimum absolute atomic E-state index is 0.0109. The molecular formula is C6H14O8S4. The molecule has 0 spiro atoms. The first-order chi connectivity index (χ1) is 7.99. The van der Waals surface area contributed by atoms with Gasteiger partial charge in [-0.15, -0.1) is 0 Å². The fourth-order valence-corrected chi connectivity index (χ4v) is 4.60. The fraction of sp³-hybridized carbons (Fsp3) is 1.00. The second-order valence-electron chi connectivity index (χ2n) is 3.37. The molecule has 18 heavy (non-hydrogen) atoms. The quantitative estimate of drug-likeness (QED) is 0.230. The van der Waals surface area contributed by atoms with Gasteiger partial charge in [-0.1, -0.05) is 21.6 Å². The summed E-state index contributed by atoms with van der Waals surface area (Å²) in [6.45, 7) is 0. The highest BCUT2D eigenvalue weighted by molar-refractivity contribution is 8.76. The Morgan fingerprint density at radius 2 is 1.06 bits per heavy atom. The average Bonchev–Trinajstić information content (AvgIpc) is 2.06. The van der Waals surface area contributed by atoms with Crippen LogP contribution >= 0.6 is 21.6 Å². The van der Waals surface area contributed by atoms with E-state index in [1.165, 1.54) is 0 Å². The van der Waals surface area contributed by atoms with Crippen molar-refractivity contribution in [3.05, 3.63) is 0 Å². The third-order valence-electron chi connectivity index (χ3n) is 1.41. The lowest BCUT2D eigenvalue weighted by atomic mass is 10.5. The minimum atomic E-state index is -4.24. The van der Waals surface area contributed by atoms with Crippen molar-refractivity contribution in [2.24, 2.45) is 0 Å². The van der Waals surface area contributed by atoms with E-state index in [4.69, 9.17) is 19.3 Å². The van der Waals surface area contributed by atoms with Crippen molar-refractivity contribution in [1.29, 1.82) is 0 Å². The van der Waals surface area contributed by atoms with Crippen LogP contribution in [0.5, 0.6) is 0 Å². The molecule has 0 aliphatic heterocycles. The Balaban J connectivity index is 3.74. The van der Waals surface area contributed by atoms with Crippen molar-refractivity contribution in [3.63, 3.8) is 0 Å². The van der Waals surface area contributed by atoms with Gasteiger partial charge in [-0.2, -0.15) is 16.8 Å². The standard InChI is InChI=1S/C6H14O8S4/c7-5(3-17(9,10)11)1-15-16-2-6(8)4-18(12,13)14/h5-8H,1-4H2,(H,9,10,11)(H,12,13,14). The molecule has 12 heteroatoms. The normalized spacial score (nSPS) is 16.4. The summed E-state index contributed by atoms with van der Waals surface area (Å²) in [6.07, 6.45) is -2.51. The summed E-state index contributed by atoms with van der Waals surface area (Å²) >= 11 is 0. The Morgan fingerprint density at radius 3 is 1.28 bits per heavy atom. The first kappa shape index (κ1) is 18.4. The van der Waals surface area contributed by atoms with Crippen LogP contribution in [-0.2, 0) is 20.2 Å².